The molecule has 1 aliphatic rings. The molecule has 116 valence electrons. The van der Waals surface area contributed by atoms with Gasteiger partial charge >= 0.3 is 0 Å². The van der Waals surface area contributed by atoms with Crippen LogP contribution < -0.4 is 5.43 Å². The predicted octanol–water partition coefficient (Wildman–Crippen LogP) is 3.88. The van der Waals surface area contributed by atoms with Crippen molar-refractivity contribution in [3.05, 3.63) is 70.8 Å². The highest BCUT2D eigenvalue weighted by Gasteiger charge is 2.50. The Hall–Kier alpha value is -1.75. The van der Waals surface area contributed by atoms with E-state index >= 15 is 0 Å². The molecule has 22 heavy (non-hydrogen) atoms. The molecule has 0 spiro atoms. The zero-order valence-electron chi connectivity index (χ0n) is 12.9. The van der Waals surface area contributed by atoms with Crippen molar-refractivity contribution in [2.45, 2.75) is 38.5 Å². The molecule has 2 atom stereocenters. The van der Waals surface area contributed by atoms with Crippen molar-refractivity contribution in [2.75, 3.05) is 0 Å². The fourth-order valence-electron chi connectivity index (χ4n) is 3.11. The molecule has 4 heteroatoms. The van der Waals surface area contributed by atoms with Crippen molar-refractivity contribution in [3.63, 3.8) is 0 Å². The minimum Gasteiger partial charge on any atom is -0.298 e. The van der Waals surface area contributed by atoms with Crippen LogP contribution >= 0.6 is 0 Å². The monoisotopic (exact) mass is 300 g/mol. The van der Waals surface area contributed by atoms with Crippen LogP contribution in [0.5, 0.6) is 0 Å². The molecule has 0 radical (unpaired) electrons. The first-order valence-electron chi connectivity index (χ1n) is 7.58. The first-order chi connectivity index (χ1) is 10.6. The highest BCUT2D eigenvalue weighted by Crippen LogP contribution is 2.45. The molecule has 0 aliphatic carbocycles. The van der Waals surface area contributed by atoms with E-state index in [1.54, 1.807) is 12.1 Å². The number of nitrogens with zero attached hydrogens (tertiary/aromatic N) is 1. The first-order valence-corrected chi connectivity index (χ1v) is 7.58. The van der Waals surface area contributed by atoms with E-state index in [9.17, 15) is 9.60 Å². The van der Waals surface area contributed by atoms with Crippen molar-refractivity contribution in [2.24, 2.45) is 0 Å². The summed E-state index contributed by atoms with van der Waals surface area (Å²) < 4.78 is 12.6. The van der Waals surface area contributed by atoms with Gasteiger partial charge in [0.05, 0.1) is 11.6 Å². The molecule has 2 N–H and O–H groups in total. The molecule has 1 aliphatic heterocycles. The summed E-state index contributed by atoms with van der Waals surface area (Å²) in [6.07, 6.45) is 1.00. The van der Waals surface area contributed by atoms with Crippen LogP contribution in [0.15, 0.2) is 48.5 Å². The van der Waals surface area contributed by atoms with Gasteiger partial charge in [-0.15, -0.1) is 5.17 Å². The minimum atomic E-state index is -0.470. The third-order valence-corrected chi connectivity index (χ3v) is 4.55. The molecule has 3 nitrogen and oxygen atoms in total. The van der Waals surface area contributed by atoms with Crippen LogP contribution in [0, 0.1) is 0 Å². The van der Waals surface area contributed by atoms with Crippen LogP contribution in [0.25, 0.3) is 0 Å². The lowest BCUT2D eigenvalue weighted by Crippen LogP contribution is -2.68. The molecule has 3 rings (SSSR count). The third kappa shape index (κ3) is 2.43. The largest absolute Gasteiger partial charge is 0.298 e. The second-order valence-electron chi connectivity index (χ2n) is 5.99. The van der Waals surface area contributed by atoms with Gasteiger partial charge in [-0.3, -0.25) is 5.21 Å². The number of halogens is 1. The van der Waals surface area contributed by atoms with Crippen molar-refractivity contribution in [1.29, 1.82) is 0 Å². The first kappa shape index (κ1) is 15.2. The van der Waals surface area contributed by atoms with E-state index in [1.165, 1.54) is 5.56 Å². The maximum atomic E-state index is 12.6. The number of alkyl halides is 1. The van der Waals surface area contributed by atoms with Gasteiger partial charge in [-0.05, 0) is 35.6 Å². The smallest absolute Gasteiger partial charge is 0.115 e. The molecule has 1 heterocycles. The number of aryl methyl sites for hydroxylation is 1. The summed E-state index contributed by atoms with van der Waals surface area (Å²) in [7, 11) is 0. The summed E-state index contributed by atoms with van der Waals surface area (Å²) in [5, 5.41) is 11.2. The molecule has 2 aromatic rings. The number of hydrogen-bond acceptors (Lipinski definition) is 3. The summed E-state index contributed by atoms with van der Waals surface area (Å²) >= 11 is 0. The van der Waals surface area contributed by atoms with Gasteiger partial charge in [-0.25, -0.2) is 9.82 Å². The molecule has 1 fully saturated rings. The lowest BCUT2D eigenvalue weighted by molar-refractivity contribution is -0.291. The van der Waals surface area contributed by atoms with Gasteiger partial charge in [0.1, 0.15) is 6.67 Å². The lowest BCUT2D eigenvalue weighted by Gasteiger charge is -2.53. The van der Waals surface area contributed by atoms with E-state index in [4.69, 9.17) is 0 Å². The van der Waals surface area contributed by atoms with Crippen LogP contribution in [0.1, 0.15) is 42.1 Å². The van der Waals surface area contributed by atoms with E-state index in [0.29, 0.717) is 5.56 Å². The second kappa shape index (κ2) is 5.80. The number of hydrogen-bond donors (Lipinski definition) is 2. The lowest BCUT2D eigenvalue weighted by atomic mass is 9.78. The molecular formula is C18H21FN2O. The minimum absolute atomic E-state index is 0.200. The van der Waals surface area contributed by atoms with E-state index in [2.05, 4.69) is 43.5 Å². The van der Waals surface area contributed by atoms with Crippen molar-refractivity contribution < 1.29 is 9.60 Å². The number of nitrogens with one attached hydrogen (secondary N) is 1. The number of rotatable bonds is 4. The Morgan fingerprint density at radius 3 is 2.18 bits per heavy atom. The highest BCUT2D eigenvalue weighted by molar-refractivity contribution is 5.36. The normalized spacial score (nSPS) is 25.0. The summed E-state index contributed by atoms with van der Waals surface area (Å²) in [6, 6.07) is 15.5. The van der Waals surface area contributed by atoms with Crippen molar-refractivity contribution >= 4 is 0 Å². The third-order valence-electron chi connectivity index (χ3n) is 4.55. The molecular weight excluding hydrogens is 279 g/mol. The van der Waals surface area contributed by atoms with Crippen LogP contribution in [0.3, 0.4) is 0 Å². The highest BCUT2D eigenvalue weighted by atomic mass is 19.1. The van der Waals surface area contributed by atoms with Crippen LogP contribution in [-0.2, 0) is 18.6 Å². The maximum Gasteiger partial charge on any atom is 0.115 e. The number of hydrazine groups is 1. The predicted molar refractivity (Wildman–Crippen MR) is 83.9 cm³/mol. The molecule has 0 aromatic heterocycles. The Balaban J connectivity index is 1.91. The van der Waals surface area contributed by atoms with Crippen molar-refractivity contribution in [1.82, 2.24) is 10.6 Å². The Bertz CT molecular complexity index is 641. The average Bonchev–Trinajstić information content (AvgIpc) is 2.55. The Kier molecular flexibility index (Phi) is 4.00. The average molecular weight is 300 g/mol. The van der Waals surface area contributed by atoms with Gasteiger partial charge in [-0.2, -0.15) is 0 Å². The Morgan fingerprint density at radius 1 is 1.09 bits per heavy atom. The van der Waals surface area contributed by atoms with Gasteiger partial charge in [0.25, 0.3) is 0 Å². The molecule has 0 bridgehead atoms. The number of benzene rings is 2. The fourth-order valence-corrected chi connectivity index (χ4v) is 3.11. The molecule has 0 saturated carbocycles. The summed E-state index contributed by atoms with van der Waals surface area (Å²) in [4.78, 5) is 0. The van der Waals surface area contributed by atoms with Crippen LogP contribution in [-0.4, -0.2) is 10.4 Å². The molecule has 0 amide bonds. The summed E-state index contributed by atoms with van der Waals surface area (Å²) in [6.45, 7) is 3.72. The van der Waals surface area contributed by atoms with Gasteiger partial charge in [0.15, 0.2) is 0 Å². The Labute approximate surface area is 130 Å². The quantitative estimate of drug-likeness (QED) is 0.899. The van der Waals surface area contributed by atoms with Crippen LogP contribution in [0.2, 0.25) is 0 Å². The summed E-state index contributed by atoms with van der Waals surface area (Å²) in [5.74, 6) is 0. The number of hydroxylamine groups is 1. The van der Waals surface area contributed by atoms with Crippen molar-refractivity contribution in [3.8, 4) is 0 Å². The van der Waals surface area contributed by atoms with E-state index in [-0.39, 0.29) is 11.6 Å². The topological polar surface area (TPSA) is 35.5 Å². The second-order valence-corrected chi connectivity index (χ2v) is 5.99. The van der Waals surface area contributed by atoms with E-state index in [1.807, 2.05) is 12.1 Å². The van der Waals surface area contributed by atoms with E-state index in [0.717, 1.165) is 22.7 Å². The van der Waals surface area contributed by atoms with Gasteiger partial charge in [-0.1, -0.05) is 55.5 Å². The molecule has 1 saturated heterocycles. The fraction of sp³-hybridized carbons (Fsp3) is 0.333. The van der Waals surface area contributed by atoms with Gasteiger partial charge in [0.2, 0.25) is 0 Å². The Morgan fingerprint density at radius 2 is 1.68 bits per heavy atom. The zero-order valence-corrected chi connectivity index (χ0v) is 12.9. The van der Waals surface area contributed by atoms with Gasteiger partial charge in [0, 0.05) is 0 Å². The maximum absolute atomic E-state index is 12.6. The molecule has 0 unspecified atom stereocenters. The standard InChI is InChI=1S/C18H21FN2O/c1-3-13-6-10-16(11-7-13)18(2)17(21(22)20-18)15-8-4-14(12-19)5-9-15/h4-11,17,20,22H,3,12H2,1-2H3/t17-,18+/m1/s1. The molecule has 2 aromatic carbocycles. The van der Waals surface area contributed by atoms with E-state index < -0.39 is 6.67 Å². The zero-order chi connectivity index (χ0) is 15.7. The van der Waals surface area contributed by atoms with Crippen LogP contribution in [0.4, 0.5) is 4.39 Å². The summed E-state index contributed by atoms with van der Waals surface area (Å²) in [5.41, 5.74) is 6.70. The SMILES string of the molecule is CCc1ccc([C@]2(C)NN(O)[C@@H]2c2ccc(CF)cc2)cc1. The van der Waals surface area contributed by atoms with Gasteiger partial charge < -0.3 is 0 Å².